The van der Waals surface area contributed by atoms with Gasteiger partial charge >= 0.3 is 0 Å². The first kappa shape index (κ1) is 19.0. The Morgan fingerprint density at radius 2 is 1.93 bits per heavy atom. The van der Waals surface area contributed by atoms with Crippen LogP contribution in [0, 0.1) is 0 Å². The first-order valence-electron chi connectivity index (χ1n) is 9.94. The number of benzene rings is 1. The summed E-state index contributed by atoms with van der Waals surface area (Å²) in [5.41, 5.74) is 2.19. The van der Waals surface area contributed by atoms with Gasteiger partial charge in [0.15, 0.2) is 11.7 Å². The molecule has 4 rings (SSSR count). The van der Waals surface area contributed by atoms with E-state index in [1.54, 1.807) is 19.2 Å². The molecule has 0 radical (unpaired) electrons. The molecule has 0 spiro atoms. The number of guanidine groups is 1. The topological polar surface area (TPSA) is 78.9 Å². The van der Waals surface area contributed by atoms with Crippen LogP contribution in [0.25, 0.3) is 11.0 Å². The van der Waals surface area contributed by atoms with Crippen molar-refractivity contribution < 1.29 is 9.21 Å². The molecule has 152 valence electrons. The van der Waals surface area contributed by atoms with Gasteiger partial charge in [-0.15, -0.1) is 0 Å². The summed E-state index contributed by atoms with van der Waals surface area (Å²) < 4.78 is 7.40. The van der Waals surface area contributed by atoms with Gasteiger partial charge in [-0.25, -0.2) is 4.98 Å². The largest absolute Gasteiger partial charge is 0.459 e. The lowest BCUT2D eigenvalue weighted by Gasteiger charge is -2.36. The highest BCUT2D eigenvalue weighted by Gasteiger charge is 2.25. The van der Waals surface area contributed by atoms with Crippen LogP contribution in [-0.2, 0) is 6.54 Å². The van der Waals surface area contributed by atoms with E-state index in [1.807, 2.05) is 29.4 Å². The van der Waals surface area contributed by atoms with E-state index in [-0.39, 0.29) is 5.91 Å². The van der Waals surface area contributed by atoms with Crippen molar-refractivity contribution in [2.24, 2.45) is 4.99 Å². The molecule has 1 saturated heterocycles. The summed E-state index contributed by atoms with van der Waals surface area (Å²) in [6.45, 7) is 4.53. The molecule has 1 aliphatic heterocycles. The second kappa shape index (κ2) is 8.81. The quantitative estimate of drug-likeness (QED) is 0.407. The fourth-order valence-electron chi connectivity index (χ4n) is 3.65. The van der Waals surface area contributed by atoms with E-state index in [4.69, 9.17) is 4.42 Å². The zero-order valence-electron chi connectivity index (χ0n) is 16.6. The second-order valence-corrected chi connectivity index (χ2v) is 7.01. The number of furan rings is 1. The molecular weight excluding hydrogens is 368 g/mol. The van der Waals surface area contributed by atoms with Crippen molar-refractivity contribution >= 4 is 22.9 Å². The molecule has 8 nitrogen and oxygen atoms in total. The maximum atomic E-state index is 12.4. The summed E-state index contributed by atoms with van der Waals surface area (Å²) in [7, 11) is 1.80. The molecule has 0 saturated carbocycles. The predicted molar refractivity (Wildman–Crippen MR) is 112 cm³/mol. The van der Waals surface area contributed by atoms with E-state index >= 15 is 0 Å². The lowest BCUT2D eigenvalue weighted by Crippen LogP contribution is -2.53. The third-order valence-electron chi connectivity index (χ3n) is 5.20. The van der Waals surface area contributed by atoms with Crippen LogP contribution in [0.5, 0.6) is 0 Å². The highest BCUT2D eigenvalue weighted by molar-refractivity contribution is 5.91. The van der Waals surface area contributed by atoms with Crippen LogP contribution in [0.1, 0.15) is 17.0 Å². The Hall–Kier alpha value is -3.29. The molecule has 1 aliphatic rings. The SMILES string of the molecule is CN=C(NCCCn1cnc2ccccc21)N1CCN(C(=O)c2ccco2)CC1. The summed E-state index contributed by atoms with van der Waals surface area (Å²) in [6.07, 6.45) is 4.40. The molecule has 3 aromatic rings. The van der Waals surface area contributed by atoms with Gasteiger partial charge in [0.2, 0.25) is 0 Å². The summed E-state index contributed by atoms with van der Waals surface area (Å²) >= 11 is 0. The lowest BCUT2D eigenvalue weighted by atomic mass is 10.3. The molecule has 8 heteroatoms. The van der Waals surface area contributed by atoms with Crippen molar-refractivity contribution in [2.45, 2.75) is 13.0 Å². The van der Waals surface area contributed by atoms with E-state index < -0.39 is 0 Å². The monoisotopic (exact) mass is 394 g/mol. The summed E-state index contributed by atoms with van der Waals surface area (Å²) in [4.78, 5) is 25.2. The van der Waals surface area contributed by atoms with Crippen molar-refractivity contribution in [3.05, 3.63) is 54.7 Å². The molecule has 1 amide bonds. The molecule has 2 aromatic heterocycles. The fraction of sp³-hybridized carbons (Fsp3) is 0.381. The molecular formula is C21H26N6O2. The maximum absolute atomic E-state index is 12.4. The van der Waals surface area contributed by atoms with Gasteiger partial charge in [-0.05, 0) is 30.7 Å². The van der Waals surface area contributed by atoms with Gasteiger partial charge < -0.3 is 24.1 Å². The van der Waals surface area contributed by atoms with Crippen molar-refractivity contribution in [1.82, 2.24) is 24.7 Å². The number of rotatable bonds is 5. The fourth-order valence-corrected chi connectivity index (χ4v) is 3.65. The van der Waals surface area contributed by atoms with Gasteiger partial charge in [-0.1, -0.05) is 12.1 Å². The molecule has 1 aromatic carbocycles. The number of nitrogens with one attached hydrogen (secondary N) is 1. The molecule has 1 N–H and O–H groups in total. The number of fused-ring (bicyclic) bond motifs is 1. The molecule has 0 unspecified atom stereocenters. The standard InChI is InChI=1S/C21H26N6O2/c1-22-21(23-9-5-10-27-16-24-17-6-2-3-7-18(17)27)26-13-11-25(12-14-26)20(28)19-8-4-15-29-19/h2-4,6-8,15-16H,5,9-14H2,1H3,(H,22,23). The number of amides is 1. The van der Waals surface area contributed by atoms with Gasteiger partial charge in [0.25, 0.3) is 5.91 Å². The number of hydrogen-bond acceptors (Lipinski definition) is 4. The van der Waals surface area contributed by atoms with Gasteiger partial charge in [0, 0.05) is 46.3 Å². The Morgan fingerprint density at radius 1 is 1.14 bits per heavy atom. The number of para-hydroxylation sites is 2. The van der Waals surface area contributed by atoms with Crippen molar-refractivity contribution in [1.29, 1.82) is 0 Å². The molecule has 0 bridgehead atoms. The summed E-state index contributed by atoms with van der Waals surface area (Å²) in [5, 5.41) is 3.44. The molecule has 3 heterocycles. The number of piperazine rings is 1. The van der Waals surface area contributed by atoms with Gasteiger partial charge in [-0.2, -0.15) is 0 Å². The lowest BCUT2D eigenvalue weighted by molar-refractivity contribution is 0.0657. The van der Waals surface area contributed by atoms with Crippen LogP contribution in [0.2, 0.25) is 0 Å². The Bertz CT molecular complexity index is 970. The Kier molecular flexibility index (Phi) is 5.79. The minimum atomic E-state index is -0.0508. The molecule has 0 atom stereocenters. The predicted octanol–water partition coefficient (Wildman–Crippen LogP) is 2.05. The van der Waals surface area contributed by atoms with Crippen LogP contribution >= 0.6 is 0 Å². The Morgan fingerprint density at radius 3 is 2.69 bits per heavy atom. The highest BCUT2D eigenvalue weighted by atomic mass is 16.3. The van der Waals surface area contributed by atoms with Crippen molar-refractivity contribution in [2.75, 3.05) is 39.8 Å². The number of aromatic nitrogens is 2. The number of nitrogens with zero attached hydrogens (tertiary/aromatic N) is 5. The molecule has 29 heavy (non-hydrogen) atoms. The van der Waals surface area contributed by atoms with Gasteiger partial charge in [0.1, 0.15) is 0 Å². The van der Waals surface area contributed by atoms with E-state index in [2.05, 4.69) is 30.8 Å². The van der Waals surface area contributed by atoms with E-state index in [1.165, 1.54) is 6.26 Å². The Balaban J connectivity index is 1.23. The van der Waals surface area contributed by atoms with Gasteiger partial charge in [0.05, 0.1) is 23.6 Å². The minimum absolute atomic E-state index is 0.0508. The molecule has 0 aliphatic carbocycles. The van der Waals surface area contributed by atoms with E-state index in [9.17, 15) is 4.79 Å². The number of carbonyl (C=O) groups excluding carboxylic acids is 1. The van der Waals surface area contributed by atoms with E-state index in [0.717, 1.165) is 49.6 Å². The van der Waals surface area contributed by atoms with Crippen LogP contribution in [-0.4, -0.2) is 71.0 Å². The first-order valence-corrected chi connectivity index (χ1v) is 9.94. The first-order chi connectivity index (χ1) is 14.3. The maximum Gasteiger partial charge on any atom is 0.289 e. The number of aryl methyl sites for hydroxylation is 1. The minimum Gasteiger partial charge on any atom is -0.459 e. The van der Waals surface area contributed by atoms with Gasteiger partial charge in [-0.3, -0.25) is 9.79 Å². The van der Waals surface area contributed by atoms with Crippen LogP contribution in [0.4, 0.5) is 0 Å². The number of imidazole rings is 1. The average molecular weight is 394 g/mol. The number of aliphatic imine (C=N–C) groups is 1. The third kappa shape index (κ3) is 4.26. The smallest absolute Gasteiger partial charge is 0.289 e. The summed E-state index contributed by atoms with van der Waals surface area (Å²) in [5.74, 6) is 1.23. The van der Waals surface area contributed by atoms with E-state index in [0.29, 0.717) is 18.8 Å². The van der Waals surface area contributed by atoms with Crippen molar-refractivity contribution in [3.63, 3.8) is 0 Å². The molecule has 1 fully saturated rings. The van der Waals surface area contributed by atoms with Crippen molar-refractivity contribution in [3.8, 4) is 0 Å². The summed E-state index contributed by atoms with van der Waals surface area (Å²) in [6, 6.07) is 11.6. The van der Waals surface area contributed by atoms with Crippen LogP contribution in [0.3, 0.4) is 0 Å². The van der Waals surface area contributed by atoms with Crippen LogP contribution in [0.15, 0.2) is 58.4 Å². The highest BCUT2D eigenvalue weighted by Crippen LogP contribution is 2.12. The zero-order valence-corrected chi connectivity index (χ0v) is 16.6. The Labute approximate surface area is 169 Å². The third-order valence-corrected chi connectivity index (χ3v) is 5.20. The zero-order chi connectivity index (χ0) is 20.1. The number of hydrogen-bond donors (Lipinski definition) is 1. The average Bonchev–Trinajstić information content (AvgIpc) is 3.44. The second-order valence-electron chi connectivity index (χ2n) is 7.01. The number of carbonyl (C=O) groups is 1. The van der Waals surface area contributed by atoms with Crippen LogP contribution < -0.4 is 5.32 Å². The normalized spacial score (nSPS) is 15.1.